The lowest BCUT2D eigenvalue weighted by Gasteiger charge is -2.11. The summed E-state index contributed by atoms with van der Waals surface area (Å²) in [7, 11) is -0.739. The van der Waals surface area contributed by atoms with Crippen LogP contribution >= 0.6 is 15.9 Å². The van der Waals surface area contributed by atoms with E-state index >= 15 is 0 Å². The van der Waals surface area contributed by atoms with Gasteiger partial charge < -0.3 is 19.9 Å². The average Bonchev–Trinajstić information content (AvgIpc) is 2.84. The largest absolute Gasteiger partial charge is 0.497 e. The van der Waals surface area contributed by atoms with Crippen LogP contribution in [0.1, 0.15) is 26.3 Å². The van der Waals surface area contributed by atoms with E-state index in [1.54, 1.807) is 24.3 Å². The lowest BCUT2D eigenvalue weighted by molar-refractivity contribution is 0.0698. The van der Waals surface area contributed by atoms with Crippen LogP contribution in [-0.4, -0.2) is 46.2 Å². The van der Waals surface area contributed by atoms with Crippen molar-refractivity contribution in [3.8, 4) is 11.5 Å². The second kappa shape index (κ2) is 11.3. The van der Waals surface area contributed by atoms with Gasteiger partial charge >= 0.3 is 5.97 Å². The number of halogens is 1. The summed E-state index contributed by atoms with van der Waals surface area (Å²) in [5.41, 5.74) is 1.05. The monoisotopic (exact) mass is 562 g/mol. The number of carboxylic acids is 1. The van der Waals surface area contributed by atoms with E-state index < -0.39 is 21.9 Å². The minimum Gasteiger partial charge on any atom is -0.497 e. The third-order valence-electron chi connectivity index (χ3n) is 5.00. The Kier molecular flexibility index (Phi) is 8.49. The van der Waals surface area contributed by atoms with Gasteiger partial charge in [0.05, 0.1) is 30.4 Å². The number of carboxylic acid groups (broad SMARTS) is 1. The van der Waals surface area contributed by atoms with Gasteiger partial charge in [0.1, 0.15) is 11.5 Å². The summed E-state index contributed by atoms with van der Waals surface area (Å²) >= 11 is 3.20. The van der Waals surface area contributed by atoms with E-state index in [4.69, 9.17) is 9.47 Å². The first-order valence-corrected chi connectivity index (χ1v) is 12.6. The molecule has 0 bridgehead atoms. The van der Waals surface area contributed by atoms with E-state index in [9.17, 15) is 23.1 Å². The summed E-state index contributed by atoms with van der Waals surface area (Å²) in [6.45, 7) is 0.141. The molecule has 0 saturated carbocycles. The maximum atomic E-state index is 12.7. The Morgan fingerprint density at radius 3 is 2.14 bits per heavy atom. The fourth-order valence-corrected chi connectivity index (χ4v) is 4.60. The van der Waals surface area contributed by atoms with Crippen molar-refractivity contribution >= 4 is 43.5 Å². The number of hydrogen-bond donors (Lipinski definition) is 3. The van der Waals surface area contributed by atoms with E-state index in [0.717, 1.165) is 5.56 Å². The van der Waals surface area contributed by atoms with E-state index in [2.05, 4.69) is 26.0 Å². The standard InChI is InChI=1S/C24H23BrN2O7S/c1-33-18-11-15(12-19(14-18)34-2)9-10-26-35(31,32)20-6-3-16(4-7-20)23(28)27-22-8-5-17(25)13-21(22)24(29)30/h3-8,11-14,26H,9-10H2,1-2H3,(H,27,28)(H,29,30). The summed E-state index contributed by atoms with van der Waals surface area (Å²) in [5, 5.41) is 11.9. The molecule has 9 nitrogen and oxygen atoms in total. The highest BCUT2D eigenvalue weighted by molar-refractivity contribution is 9.10. The van der Waals surface area contributed by atoms with Crippen LogP contribution in [0.3, 0.4) is 0 Å². The van der Waals surface area contributed by atoms with Gasteiger partial charge in [0.15, 0.2) is 0 Å². The Balaban J connectivity index is 1.66. The molecule has 0 aliphatic heterocycles. The number of hydrogen-bond acceptors (Lipinski definition) is 6. The molecule has 3 N–H and O–H groups in total. The van der Waals surface area contributed by atoms with Crippen LogP contribution in [0.25, 0.3) is 0 Å². The Labute approximate surface area is 211 Å². The predicted molar refractivity (Wildman–Crippen MR) is 134 cm³/mol. The van der Waals surface area contributed by atoms with Crippen molar-refractivity contribution < 1.29 is 32.6 Å². The molecular formula is C24H23BrN2O7S. The normalized spacial score (nSPS) is 11.1. The Morgan fingerprint density at radius 1 is 0.943 bits per heavy atom. The highest BCUT2D eigenvalue weighted by atomic mass is 79.9. The maximum absolute atomic E-state index is 12.7. The number of sulfonamides is 1. The first-order chi connectivity index (χ1) is 16.6. The number of aromatic carboxylic acids is 1. The number of benzene rings is 3. The van der Waals surface area contributed by atoms with Crippen molar-refractivity contribution in [2.45, 2.75) is 11.3 Å². The van der Waals surface area contributed by atoms with Crippen molar-refractivity contribution in [2.24, 2.45) is 0 Å². The van der Waals surface area contributed by atoms with Crippen LogP contribution in [0.4, 0.5) is 5.69 Å². The molecule has 11 heteroatoms. The molecule has 0 aliphatic carbocycles. The summed E-state index contributed by atoms with van der Waals surface area (Å²) in [6, 6.07) is 15.1. The predicted octanol–water partition coefficient (Wildman–Crippen LogP) is 3.94. The summed E-state index contributed by atoms with van der Waals surface area (Å²) in [6.07, 6.45) is 0.409. The van der Waals surface area contributed by atoms with Crippen molar-refractivity contribution in [3.05, 3.63) is 81.8 Å². The SMILES string of the molecule is COc1cc(CCNS(=O)(=O)c2ccc(C(=O)Nc3ccc(Br)cc3C(=O)O)cc2)cc(OC)c1. The maximum Gasteiger partial charge on any atom is 0.337 e. The van der Waals surface area contributed by atoms with Crippen LogP contribution in [0.15, 0.2) is 70.0 Å². The molecule has 0 unspecified atom stereocenters. The molecule has 3 aromatic carbocycles. The minimum atomic E-state index is -3.81. The summed E-state index contributed by atoms with van der Waals surface area (Å²) in [5.74, 6) is -0.551. The third kappa shape index (κ3) is 6.81. The van der Waals surface area contributed by atoms with E-state index in [1.807, 2.05) is 0 Å². The molecule has 0 atom stereocenters. The highest BCUT2D eigenvalue weighted by Gasteiger charge is 2.17. The van der Waals surface area contributed by atoms with Crippen molar-refractivity contribution in [3.63, 3.8) is 0 Å². The molecule has 0 radical (unpaired) electrons. The topological polar surface area (TPSA) is 131 Å². The van der Waals surface area contributed by atoms with Crippen molar-refractivity contribution in [1.82, 2.24) is 4.72 Å². The number of carbonyl (C=O) groups is 2. The van der Waals surface area contributed by atoms with Crippen LogP contribution in [0.5, 0.6) is 11.5 Å². The summed E-state index contributed by atoms with van der Waals surface area (Å²) < 4.78 is 38.9. The van der Waals surface area contributed by atoms with Gasteiger partial charge in [-0.05, 0) is 66.6 Å². The van der Waals surface area contributed by atoms with Gasteiger partial charge in [0, 0.05) is 22.6 Å². The van der Waals surface area contributed by atoms with Gasteiger partial charge in [-0.1, -0.05) is 15.9 Å². The molecule has 0 fully saturated rings. The minimum absolute atomic E-state index is 0.00728. The van der Waals surface area contributed by atoms with Gasteiger partial charge in [-0.25, -0.2) is 17.9 Å². The number of anilines is 1. The second-order valence-electron chi connectivity index (χ2n) is 7.34. The highest BCUT2D eigenvalue weighted by Crippen LogP contribution is 2.24. The molecule has 3 aromatic rings. The van der Waals surface area contributed by atoms with Gasteiger partial charge in [-0.3, -0.25) is 4.79 Å². The van der Waals surface area contributed by atoms with Gasteiger partial charge in [0.2, 0.25) is 10.0 Å². The lowest BCUT2D eigenvalue weighted by atomic mass is 10.1. The summed E-state index contributed by atoms with van der Waals surface area (Å²) in [4.78, 5) is 24.0. The zero-order valence-electron chi connectivity index (χ0n) is 18.9. The van der Waals surface area contributed by atoms with Crippen LogP contribution in [0, 0.1) is 0 Å². The zero-order chi connectivity index (χ0) is 25.6. The second-order valence-corrected chi connectivity index (χ2v) is 10.0. The zero-order valence-corrected chi connectivity index (χ0v) is 21.3. The number of carbonyl (C=O) groups excluding carboxylic acids is 1. The van der Waals surface area contributed by atoms with Gasteiger partial charge in [0.25, 0.3) is 5.91 Å². The molecule has 3 rings (SSSR count). The number of ether oxygens (including phenoxy) is 2. The third-order valence-corrected chi connectivity index (χ3v) is 6.97. The quantitative estimate of drug-likeness (QED) is 0.341. The van der Waals surface area contributed by atoms with Crippen molar-refractivity contribution in [2.75, 3.05) is 26.1 Å². The van der Waals surface area contributed by atoms with Crippen LogP contribution in [-0.2, 0) is 16.4 Å². The number of methoxy groups -OCH3 is 2. The van der Waals surface area contributed by atoms with Gasteiger partial charge in [-0.15, -0.1) is 0 Å². The molecular weight excluding hydrogens is 540 g/mol. The van der Waals surface area contributed by atoms with Crippen LogP contribution in [0.2, 0.25) is 0 Å². The average molecular weight is 563 g/mol. The molecule has 0 aliphatic rings. The molecule has 0 heterocycles. The van der Waals surface area contributed by atoms with Gasteiger partial charge in [-0.2, -0.15) is 0 Å². The molecule has 184 valence electrons. The van der Waals surface area contributed by atoms with Crippen LogP contribution < -0.4 is 19.5 Å². The number of amides is 1. The molecule has 1 amide bonds. The lowest BCUT2D eigenvalue weighted by Crippen LogP contribution is -2.26. The molecule has 0 spiro atoms. The number of nitrogens with one attached hydrogen (secondary N) is 2. The number of rotatable bonds is 10. The Hall–Kier alpha value is -3.41. The first kappa shape index (κ1) is 26.2. The van der Waals surface area contributed by atoms with E-state index in [0.29, 0.717) is 22.4 Å². The fraction of sp³-hybridized carbons (Fsp3) is 0.167. The molecule has 0 saturated heterocycles. The smallest absolute Gasteiger partial charge is 0.337 e. The Morgan fingerprint density at radius 2 is 1.57 bits per heavy atom. The molecule has 35 heavy (non-hydrogen) atoms. The van der Waals surface area contributed by atoms with E-state index in [-0.39, 0.29) is 28.3 Å². The van der Waals surface area contributed by atoms with Crippen molar-refractivity contribution in [1.29, 1.82) is 0 Å². The fourth-order valence-electron chi connectivity index (χ4n) is 3.21. The van der Waals surface area contributed by atoms with E-state index in [1.165, 1.54) is 50.6 Å². The Bertz CT molecular complexity index is 1320. The molecule has 0 aromatic heterocycles. The first-order valence-electron chi connectivity index (χ1n) is 10.3.